The van der Waals surface area contributed by atoms with Crippen LogP contribution in [0.15, 0.2) is 51.4 Å². The van der Waals surface area contributed by atoms with Gasteiger partial charge in [-0.15, -0.1) is 0 Å². The standard InChI is InChI=1S/C14H9Br2FO/c15-11-3-1-2-10(6-11)14(18)7-9-4-5-12(16)8-13(9)17/h1-6,8H,7H2. The van der Waals surface area contributed by atoms with Gasteiger partial charge in [-0.3, -0.25) is 4.79 Å². The van der Waals surface area contributed by atoms with Crippen molar-refractivity contribution in [2.24, 2.45) is 0 Å². The Bertz CT molecular complexity index is 596. The van der Waals surface area contributed by atoms with Gasteiger partial charge in [0.05, 0.1) is 0 Å². The lowest BCUT2D eigenvalue weighted by molar-refractivity contribution is 0.0992. The zero-order chi connectivity index (χ0) is 13.1. The van der Waals surface area contributed by atoms with Crippen molar-refractivity contribution in [1.29, 1.82) is 0 Å². The maximum Gasteiger partial charge on any atom is 0.167 e. The summed E-state index contributed by atoms with van der Waals surface area (Å²) in [4.78, 5) is 12.0. The largest absolute Gasteiger partial charge is 0.294 e. The summed E-state index contributed by atoms with van der Waals surface area (Å²) in [6.07, 6.45) is 0.0650. The van der Waals surface area contributed by atoms with Gasteiger partial charge >= 0.3 is 0 Å². The van der Waals surface area contributed by atoms with Crippen LogP contribution in [0.4, 0.5) is 4.39 Å². The number of rotatable bonds is 3. The topological polar surface area (TPSA) is 17.1 Å². The van der Waals surface area contributed by atoms with Crippen molar-refractivity contribution >= 4 is 37.6 Å². The van der Waals surface area contributed by atoms with E-state index >= 15 is 0 Å². The van der Waals surface area contributed by atoms with E-state index in [1.54, 1.807) is 30.3 Å². The summed E-state index contributed by atoms with van der Waals surface area (Å²) >= 11 is 6.49. The Kier molecular flexibility index (Phi) is 4.30. The van der Waals surface area contributed by atoms with Crippen LogP contribution >= 0.6 is 31.9 Å². The summed E-state index contributed by atoms with van der Waals surface area (Å²) in [6, 6.07) is 11.8. The minimum Gasteiger partial charge on any atom is -0.294 e. The fraction of sp³-hybridized carbons (Fsp3) is 0.0714. The quantitative estimate of drug-likeness (QED) is 0.710. The fourth-order valence-electron chi connectivity index (χ4n) is 1.60. The molecule has 0 spiro atoms. The number of hydrogen-bond donors (Lipinski definition) is 0. The fourth-order valence-corrected chi connectivity index (χ4v) is 2.33. The molecule has 18 heavy (non-hydrogen) atoms. The van der Waals surface area contributed by atoms with E-state index in [1.165, 1.54) is 6.07 Å². The summed E-state index contributed by atoms with van der Waals surface area (Å²) in [5.74, 6) is -0.467. The number of benzene rings is 2. The highest BCUT2D eigenvalue weighted by Gasteiger charge is 2.11. The molecule has 92 valence electrons. The SMILES string of the molecule is O=C(Cc1ccc(Br)cc1F)c1cccc(Br)c1. The first-order valence-corrected chi connectivity index (χ1v) is 6.87. The molecule has 0 aliphatic carbocycles. The van der Waals surface area contributed by atoms with E-state index in [-0.39, 0.29) is 18.0 Å². The summed E-state index contributed by atoms with van der Waals surface area (Å²) in [6.45, 7) is 0. The van der Waals surface area contributed by atoms with Gasteiger partial charge < -0.3 is 0 Å². The third-order valence-corrected chi connectivity index (χ3v) is 3.50. The maximum absolute atomic E-state index is 13.6. The van der Waals surface area contributed by atoms with Crippen LogP contribution in [0.25, 0.3) is 0 Å². The molecule has 0 aromatic heterocycles. The Hall–Kier alpha value is -1.00. The van der Waals surface area contributed by atoms with E-state index in [4.69, 9.17) is 0 Å². The van der Waals surface area contributed by atoms with E-state index in [1.807, 2.05) is 6.07 Å². The highest BCUT2D eigenvalue weighted by Crippen LogP contribution is 2.18. The van der Waals surface area contributed by atoms with E-state index < -0.39 is 0 Å². The first-order valence-electron chi connectivity index (χ1n) is 5.29. The van der Waals surface area contributed by atoms with Crippen molar-refractivity contribution in [2.75, 3.05) is 0 Å². The van der Waals surface area contributed by atoms with Gasteiger partial charge in [-0.2, -0.15) is 0 Å². The summed E-state index contributed by atoms with van der Waals surface area (Å²) in [5, 5.41) is 0. The van der Waals surface area contributed by atoms with Crippen molar-refractivity contribution in [3.05, 3.63) is 68.4 Å². The van der Waals surface area contributed by atoms with E-state index in [0.717, 1.165) is 4.47 Å². The van der Waals surface area contributed by atoms with Gasteiger partial charge in [-0.25, -0.2) is 4.39 Å². The maximum atomic E-state index is 13.6. The zero-order valence-electron chi connectivity index (χ0n) is 9.29. The van der Waals surface area contributed by atoms with Crippen LogP contribution < -0.4 is 0 Å². The number of ketones is 1. The first-order chi connectivity index (χ1) is 8.56. The molecule has 0 saturated heterocycles. The lowest BCUT2D eigenvalue weighted by atomic mass is 10.0. The van der Waals surface area contributed by atoms with Gasteiger partial charge in [0.15, 0.2) is 5.78 Å². The van der Waals surface area contributed by atoms with Crippen molar-refractivity contribution < 1.29 is 9.18 Å². The summed E-state index contributed by atoms with van der Waals surface area (Å²) in [7, 11) is 0. The number of halogens is 3. The molecule has 0 aliphatic rings. The average molecular weight is 372 g/mol. The third kappa shape index (κ3) is 3.27. The van der Waals surface area contributed by atoms with Crippen molar-refractivity contribution in [2.45, 2.75) is 6.42 Å². The van der Waals surface area contributed by atoms with Crippen LogP contribution in [0, 0.1) is 5.82 Å². The molecule has 0 fully saturated rings. The molecule has 0 bridgehead atoms. The molecule has 2 aromatic carbocycles. The Morgan fingerprint density at radius 2 is 1.78 bits per heavy atom. The molecule has 2 aromatic rings. The molecule has 2 rings (SSSR count). The highest BCUT2D eigenvalue weighted by atomic mass is 79.9. The van der Waals surface area contributed by atoms with Crippen molar-refractivity contribution in [3.8, 4) is 0 Å². The predicted octanol–water partition coefficient (Wildman–Crippen LogP) is 4.78. The van der Waals surface area contributed by atoms with Crippen LogP contribution in [0.2, 0.25) is 0 Å². The Labute approximate surface area is 121 Å². The molecule has 0 unspecified atom stereocenters. The second-order valence-corrected chi connectivity index (χ2v) is 5.68. The second-order valence-electron chi connectivity index (χ2n) is 3.85. The Morgan fingerprint density at radius 1 is 1.06 bits per heavy atom. The number of carbonyl (C=O) groups is 1. The summed E-state index contributed by atoms with van der Waals surface area (Å²) in [5.41, 5.74) is 0.981. The molecular formula is C14H9Br2FO. The molecule has 0 atom stereocenters. The van der Waals surface area contributed by atoms with Gasteiger partial charge in [-0.05, 0) is 29.8 Å². The highest BCUT2D eigenvalue weighted by molar-refractivity contribution is 9.10. The molecule has 1 nitrogen and oxygen atoms in total. The second kappa shape index (κ2) is 5.76. The zero-order valence-corrected chi connectivity index (χ0v) is 12.5. The third-order valence-electron chi connectivity index (χ3n) is 2.51. The predicted molar refractivity (Wildman–Crippen MR) is 76.3 cm³/mol. The molecule has 0 N–H and O–H groups in total. The van der Waals surface area contributed by atoms with Crippen LogP contribution in [-0.2, 0) is 6.42 Å². The van der Waals surface area contributed by atoms with E-state index in [2.05, 4.69) is 31.9 Å². The van der Waals surface area contributed by atoms with Crippen LogP contribution in [0.1, 0.15) is 15.9 Å². The van der Waals surface area contributed by atoms with E-state index in [9.17, 15) is 9.18 Å². The first kappa shape index (κ1) is 13.4. The van der Waals surface area contributed by atoms with Gasteiger partial charge in [0.25, 0.3) is 0 Å². The number of carbonyl (C=O) groups excluding carboxylic acids is 1. The minimum atomic E-state index is -0.368. The van der Waals surface area contributed by atoms with E-state index in [0.29, 0.717) is 15.6 Å². The van der Waals surface area contributed by atoms with Gasteiger partial charge in [0.1, 0.15) is 5.82 Å². The smallest absolute Gasteiger partial charge is 0.167 e. The van der Waals surface area contributed by atoms with Gasteiger partial charge in [0.2, 0.25) is 0 Å². The molecule has 0 amide bonds. The molecular weight excluding hydrogens is 363 g/mol. The number of hydrogen-bond acceptors (Lipinski definition) is 1. The lowest BCUT2D eigenvalue weighted by Gasteiger charge is -2.04. The lowest BCUT2D eigenvalue weighted by Crippen LogP contribution is -2.05. The normalized spacial score (nSPS) is 10.4. The van der Waals surface area contributed by atoms with Gasteiger partial charge in [-0.1, -0.05) is 50.1 Å². The van der Waals surface area contributed by atoms with Crippen LogP contribution in [-0.4, -0.2) is 5.78 Å². The molecule has 0 saturated carbocycles. The van der Waals surface area contributed by atoms with Crippen LogP contribution in [0.3, 0.4) is 0 Å². The van der Waals surface area contributed by atoms with Gasteiger partial charge in [0, 0.05) is 20.9 Å². The average Bonchev–Trinajstić information content (AvgIpc) is 2.32. The number of Topliss-reactive ketones (excluding diaryl/α,β-unsaturated/α-hetero) is 1. The van der Waals surface area contributed by atoms with Crippen molar-refractivity contribution in [1.82, 2.24) is 0 Å². The molecule has 4 heteroatoms. The molecule has 0 heterocycles. The Morgan fingerprint density at radius 3 is 2.44 bits per heavy atom. The minimum absolute atomic E-state index is 0.0650. The molecule has 0 radical (unpaired) electrons. The van der Waals surface area contributed by atoms with Crippen molar-refractivity contribution in [3.63, 3.8) is 0 Å². The Balaban J connectivity index is 2.21. The summed E-state index contributed by atoms with van der Waals surface area (Å²) < 4.78 is 15.1. The molecule has 0 aliphatic heterocycles. The monoisotopic (exact) mass is 370 g/mol. The van der Waals surface area contributed by atoms with Crippen LogP contribution in [0.5, 0.6) is 0 Å².